The number of carboxylic acid groups (broad SMARTS) is 1. The van der Waals surface area contributed by atoms with Crippen LogP contribution < -0.4 is 4.74 Å². The van der Waals surface area contributed by atoms with Gasteiger partial charge in [0.05, 0.1) is 6.10 Å². The summed E-state index contributed by atoms with van der Waals surface area (Å²) in [5.74, 6) is 0.00721. The first-order valence-electron chi connectivity index (χ1n) is 6.57. The molecule has 104 valence electrons. The van der Waals surface area contributed by atoms with Gasteiger partial charge < -0.3 is 14.6 Å². The second-order valence-electron chi connectivity index (χ2n) is 5.13. The molecule has 0 amide bonds. The monoisotopic (exact) mass is 264 g/mol. The first kappa shape index (κ1) is 13.9. The Morgan fingerprint density at radius 1 is 1.32 bits per heavy atom. The molecule has 4 heteroatoms. The van der Waals surface area contributed by atoms with Crippen LogP contribution in [0.15, 0.2) is 12.1 Å². The smallest absolute Gasteiger partial charge is 0.332 e. The summed E-state index contributed by atoms with van der Waals surface area (Å²) in [6, 6.07) is 4.11. The lowest BCUT2D eigenvalue weighted by molar-refractivity contribution is -0.149. The second kappa shape index (κ2) is 5.61. The number of hydrogen-bond acceptors (Lipinski definition) is 3. The van der Waals surface area contributed by atoms with Gasteiger partial charge in [-0.2, -0.15) is 0 Å². The van der Waals surface area contributed by atoms with Crippen LogP contribution in [0.3, 0.4) is 0 Å². The van der Waals surface area contributed by atoms with Crippen molar-refractivity contribution in [1.29, 1.82) is 0 Å². The van der Waals surface area contributed by atoms with Gasteiger partial charge in [0, 0.05) is 0 Å². The van der Waals surface area contributed by atoms with E-state index in [1.54, 1.807) is 0 Å². The molecule has 1 aromatic rings. The van der Waals surface area contributed by atoms with Crippen LogP contribution in [0, 0.1) is 20.8 Å². The van der Waals surface area contributed by atoms with Crippen molar-refractivity contribution >= 4 is 5.97 Å². The Morgan fingerprint density at radius 2 is 2.00 bits per heavy atom. The number of rotatable bonds is 4. The fourth-order valence-electron chi connectivity index (χ4n) is 2.33. The predicted molar refractivity (Wildman–Crippen MR) is 71.7 cm³/mol. The van der Waals surface area contributed by atoms with E-state index in [1.165, 1.54) is 5.56 Å². The summed E-state index contributed by atoms with van der Waals surface area (Å²) in [6.45, 7) is 6.51. The summed E-state index contributed by atoms with van der Waals surface area (Å²) in [5, 5.41) is 8.88. The van der Waals surface area contributed by atoms with Crippen LogP contribution in [0.2, 0.25) is 0 Å². The zero-order valence-corrected chi connectivity index (χ0v) is 11.6. The second-order valence-corrected chi connectivity index (χ2v) is 5.13. The maximum Gasteiger partial charge on any atom is 0.332 e. The van der Waals surface area contributed by atoms with Gasteiger partial charge in [0.25, 0.3) is 0 Å². The number of carboxylic acids is 1. The molecule has 0 saturated carbocycles. The molecule has 0 aliphatic carbocycles. The average Bonchev–Trinajstić information content (AvgIpc) is 2.83. The molecule has 1 aliphatic rings. The molecule has 0 radical (unpaired) electrons. The maximum atomic E-state index is 10.8. The lowest BCUT2D eigenvalue weighted by atomic mass is 10.1. The molecule has 0 aromatic heterocycles. The van der Waals surface area contributed by atoms with Crippen molar-refractivity contribution in [3.05, 3.63) is 28.8 Å². The van der Waals surface area contributed by atoms with Crippen molar-refractivity contribution in [2.45, 2.75) is 45.8 Å². The summed E-state index contributed by atoms with van der Waals surface area (Å²) in [6.07, 6.45) is 0.504. The van der Waals surface area contributed by atoms with Gasteiger partial charge >= 0.3 is 5.97 Å². The van der Waals surface area contributed by atoms with Crippen LogP contribution in [0.5, 0.6) is 5.75 Å². The Bertz CT molecular complexity index is 481. The largest absolute Gasteiger partial charge is 0.490 e. The Morgan fingerprint density at radius 3 is 2.63 bits per heavy atom. The highest BCUT2D eigenvalue weighted by molar-refractivity contribution is 5.72. The molecular formula is C15H20O4. The Labute approximate surface area is 113 Å². The summed E-state index contributed by atoms with van der Waals surface area (Å²) < 4.78 is 11.3. The van der Waals surface area contributed by atoms with Gasteiger partial charge in [0.15, 0.2) is 6.10 Å². The highest BCUT2D eigenvalue weighted by atomic mass is 16.6. The average molecular weight is 264 g/mol. The van der Waals surface area contributed by atoms with Crippen molar-refractivity contribution < 1.29 is 19.4 Å². The van der Waals surface area contributed by atoms with Crippen molar-refractivity contribution in [3.63, 3.8) is 0 Å². The van der Waals surface area contributed by atoms with E-state index >= 15 is 0 Å². The van der Waals surface area contributed by atoms with E-state index < -0.39 is 12.1 Å². The van der Waals surface area contributed by atoms with E-state index in [0.29, 0.717) is 13.0 Å². The minimum absolute atomic E-state index is 0.125. The van der Waals surface area contributed by atoms with Crippen molar-refractivity contribution in [2.24, 2.45) is 0 Å². The highest BCUT2D eigenvalue weighted by Crippen LogP contribution is 2.27. The molecule has 1 N–H and O–H groups in total. The number of ether oxygens (including phenoxy) is 2. The fourth-order valence-corrected chi connectivity index (χ4v) is 2.33. The normalized spacial score (nSPS) is 22.5. The van der Waals surface area contributed by atoms with Crippen LogP contribution in [-0.4, -0.2) is 29.9 Å². The van der Waals surface area contributed by atoms with E-state index in [0.717, 1.165) is 23.3 Å². The standard InChI is InChI=1S/C15H20O4/c1-9-4-5-10(2)14(11(9)3)18-8-12-6-7-13(19-12)15(16)17/h4-5,12-13H,6-8H2,1-3H3,(H,16,17). The first-order valence-corrected chi connectivity index (χ1v) is 6.57. The summed E-state index contributed by atoms with van der Waals surface area (Å²) in [5.41, 5.74) is 3.42. The molecule has 1 aliphatic heterocycles. The summed E-state index contributed by atoms with van der Waals surface area (Å²) in [4.78, 5) is 10.8. The van der Waals surface area contributed by atoms with Crippen LogP contribution in [0.1, 0.15) is 29.5 Å². The van der Waals surface area contributed by atoms with Crippen LogP contribution in [-0.2, 0) is 9.53 Å². The first-order chi connectivity index (χ1) is 8.99. The Balaban J connectivity index is 1.97. The quantitative estimate of drug-likeness (QED) is 0.908. The van der Waals surface area contributed by atoms with E-state index in [4.69, 9.17) is 14.6 Å². The van der Waals surface area contributed by atoms with Gasteiger partial charge in [0.1, 0.15) is 12.4 Å². The van der Waals surface area contributed by atoms with Gasteiger partial charge in [0.2, 0.25) is 0 Å². The van der Waals surface area contributed by atoms with E-state index in [2.05, 4.69) is 6.07 Å². The third kappa shape index (κ3) is 3.07. The number of aryl methyl sites for hydroxylation is 2. The molecule has 2 unspecified atom stereocenters. The minimum Gasteiger partial charge on any atom is -0.490 e. The topological polar surface area (TPSA) is 55.8 Å². The fraction of sp³-hybridized carbons (Fsp3) is 0.533. The number of hydrogen-bond donors (Lipinski definition) is 1. The van der Waals surface area contributed by atoms with E-state index in [9.17, 15) is 4.79 Å². The molecule has 0 spiro atoms. The summed E-state index contributed by atoms with van der Waals surface area (Å²) in [7, 11) is 0. The molecule has 1 aromatic carbocycles. The summed E-state index contributed by atoms with van der Waals surface area (Å²) >= 11 is 0. The minimum atomic E-state index is -0.884. The van der Waals surface area contributed by atoms with E-state index in [1.807, 2.05) is 26.8 Å². The van der Waals surface area contributed by atoms with Crippen LogP contribution >= 0.6 is 0 Å². The third-order valence-corrected chi connectivity index (χ3v) is 3.67. The molecule has 1 fully saturated rings. The van der Waals surface area contributed by atoms with Crippen molar-refractivity contribution in [3.8, 4) is 5.75 Å². The van der Waals surface area contributed by atoms with Crippen molar-refractivity contribution in [1.82, 2.24) is 0 Å². The zero-order chi connectivity index (χ0) is 14.0. The predicted octanol–water partition coefficient (Wildman–Crippen LogP) is 2.62. The zero-order valence-electron chi connectivity index (χ0n) is 11.6. The molecule has 2 rings (SSSR count). The van der Waals surface area contributed by atoms with E-state index in [-0.39, 0.29) is 6.10 Å². The number of aliphatic carboxylic acids is 1. The molecule has 19 heavy (non-hydrogen) atoms. The lowest BCUT2D eigenvalue weighted by Gasteiger charge is -2.17. The molecule has 0 bridgehead atoms. The van der Waals surface area contributed by atoms with Crippen molar-refractivity contribution in [2.75, 3.05) is 6.61 Å². The van der Waals surface area contributed by atoms with Crippen LogP contribution in [0.4, 0.5) is 0 Å². The van der Waals surface area contributed by atoms with Gasteiger partial charge in [-0.15, -0.1) is 0 Å². The Hall–Kier alpha value is -1.55. The molecule has 1 saturated heterocycles. The Kier molecular flexibility index (Phi) is 4.10. The van der Waals surface area contributed by atoms with Gasteiger partial charge in [-0.3, -0.25) is 0 Å². The maximum absolute atomic E-state index is 10.8. The molecule has 4 nitrogen and oxygen atoms in total. The SMILES string of the molecule is Cc1ccc(C)c(OCC2CCC(C(=O)O)O2)c1C. The van der Waals surface area contributed by atoms with Gasteiger partial charge in [-0.05, 0) is 50.3 Å². The third-order valence-electron chi connectivity index (χ3n) is 3.67. The molecular weight excluding hydrogens is 244 g/mol. The molecule has 2 atom stereocenters. The highest BCUT2D eigenvalue weighted by Gasteiger charge is 2.30. The number of carbonyl (C=O) groups is 1. The lowest BCUT2D eigenvalue weighted by Crippen LogP contribution is -2.24. The van der Waals surface area contributed by atoms with Gasteiger partial charge in [-0.1, -0.05) is 12.1 Å². The van der Waals surface area contributed by atoms with Gasteiger partial charge in [-0.25, -0.2) is 4.79 Å². The number of benzene rings is 1. The van der Waals surface area contributed by atoms with Crippen LogP contribution in [0.25, 0.3) is 0 Å². The molecule has 1 heterocycles.